The molecule has 5 heteroatoms. The van der Waals surface area contributed by atoms with Crippen molar-refractivity contribution in [3.8, 4) is 11.5 Å². The third-order valence-corrected chi connectivity index (χ3v) is 5.61. The second kappa shape index (κ2) is 8.75. The van der Waals surface area contributed by atoms with Crippen molar-refractivity contribution in [1.29, 1.82) is 0 Å². The van der Waals surface area contributed by atoms with Crippen LogP contribution in [0, 0.1) is 0 Å². The first-order valence-corrected chi connectivity index (χ1v) is 10.9. The Morgan fingerprint density at radius 3 is 2.55 bits per heavy atom. The Labute approximate surface area is 184 Å². The number of ether oxygens (including phenoxy) is 3. The monoisotopic (exact) mass is 421 g/mol. The van der Waals surface area contributed by atoms with E-state index < -0.39 is 5.60 Å². The van der Waals surface area contributed by atoms with Gasteiger partial charge in [0.05, 0.1) is 0 Å². The lowest BCUT2D eigenvalue weighted by Gasteiger charge is -2.27. The van der Waals surface area contributed by atoms with Crippen molar-refractivity contribution in [2.24, 2.45) is 0 Å². The molecule has 31 heavy (non-hydrogen) atoms. The molecule has 0 amide bonds. The van der Waals surface area contributed by atoms with E-state index >= 15 is 0 Å². The molecular formula is C26H31NO4. The number of rotatable bonds is 3. The van der Waals surface area contributed by atoms with Crippen LogP contribution in [0.25, 0.3) is 5.57 Å². The predicted octanol–water partition coefficient (Wildman–Crippen LogP) is 4.83. The summed E-state index contributed by atoms with van der Waals surface area (Å²) < 4.78 is 17.3. The molecule has 0 spiro atoms. The van der Waals surface area contributed by atoms with E-state index in [1.165, 1.54) is 22.3 Å². The quantitative estimate of drug-likeness (QED) is 0.665. The average molecular weight is 422 g/mol. The summed E-state index contributed by atoms with van der Waals surface area (Å²) in [7, 11) is 2.17. The van der Waals surface area contributed by atoms with Gasteiger partial charge in [-0.1, -0.05) is 29.8 Å². The van der Waals surface area contributed by atoms with E-state index in [4.69, 9.17) is 14.2 Å². The van der Waals surface area contributed by atoms with Gasteiger partial charge in [0, 0.05) is 18.7 Å². The van der Waals surface area contributed by atoms with Gasteiger partial charge in [-0.2, -0.15) is 0 Å². The molecule has 0 aliphatic carbocycles. The summed E-state index contributed by atoms with van der Waals surface area (Å²) in [6, 6.07) is 14.3. The molecular weight excluding hydrogens is 390 g/mol. The number of carbonyl (C=O) groups excluding carboxylic acids is 1. The van der Waals surface area contributed by atoms with Gasteiger partial charge in [0.1, 0.15) is 23.7 Å². The number of carbonyl (C=O) groups is 1. The van der Waals surface area contributed by atoms with Crippen LogP contribution in [-0.2, 0) is 16.1 Å². The maximum atomic E-state index is 12.1. The molecule has 164 valence electrons. The fraction of sp³-hybridized carbons (Fsp3) is 0.423. The molecule has 0 aromatic heterocycles. The van der Waals surface area contributed by atoms with Crippen molar-refractivity contribution in [3.63, 3.8) is 0 Å². The van der Waals surface area contributed by atoms with Gasteiger partial charge in [0.25, 0.3) is 0 Å². The normalized spacial score (nSPS) is 16.6. The smallest absolute Gasteiger partial charge is 0.344 e. The highest BCUT2D eigenvalue weighted by atomic mass is 16.6. The molecule has 0 N–H and O–H groups in total. The van der Waals surface area contributed by atoms with Crippen molar-refractivity contribution >= 4 is 11.5 Å². The van der Waals surface area contributed by atoms with Gasteiger partial charge >= 0.3 is 5.97 Å². The highest BCUT2D eigenvalue weighted by Crippen LogP contribution is 2.42. The molecule has 2 aromatic rings. The summed E-state index contributed by atoms with van der Waals surface area (Å²) in [5.41, 5.74) is 5.62. The highest BCUT2D eigenvalue weighted by Gasteiger charge is 2.25. The van der Waals surface area contributed by atoms with Crippen molar-refractivity contribution in [2.75, 3.05) is 26.7 Å². The van der Waals surface area contributed by atoms with E-state index in [1.807, 2.05) is 39.0 Å². The van der Waals surface area contributed by atoms with Crippen LogP contribution >= 0.6 is 0 Å². The number of piperidine rings is 1. The van der Waals surface area contributed by atoms with Gasteiger partial charge in [0.15, 0.2) is 6.61 Å². The van der Waals surface area contributed by atoms with Gasteiger partial charge in [-0.05, 0) is 75.6 Å². The van der Waals surface area contributed by atoms with Crippen molar-refractivity contribution in [2.45, 2.75) is 45.8 Å². The van der Waals surface area contributed by atoms with Gasteiger partial charge in [-0.25, -0.2) is 4.79 Å². The highest BCUT2D eigenvalue weighted by molar-refractivity contribution is 5.87. The van der Waals surface area contributed by atoms with Crippen LogP contribution < -0.4 is 9.47 Å². The second-order valence-corrected chi connectivity index (χ2v) is 9.26. The topological polar surface area (TPSA) is 48.0 Å². The standard InChI is InChI=1S/C26H31NO4/c1-26(2,3)31-24(28)17-29-20-9-10-23-22(15-20)25(18-11-13-27(4)14-12-18)21-8-6-5-7-19(21)16-30-23/h5-10,15H,11-14,16-17H2,1-4H3. The minimum absolute atomic E-state index is 0.121. The van der Waals surface area contributed by atoms with Crippen LogP contribution in [-0.4, -0.2) is 43.2 Å². The van der Waals surface area contributed by atoms with Gasteiger partial charge in [-0.15, -0.1) is 0 Å². The summed E-state index contributed by atoms with van der Waals surface area (Å²) in [4.78, 5) is 14.5. The molecule has 4 rings (SSSR count). The zero-order valence-corrected chi connectivity index (χ0v) is 18.9. The summed E-state index contributed by atoms with van der Waals surface area (Å²) in [5.74, 6) is 1.11. The molecule has 0 bridgehead atoms. The Kier molecular flexibility index (Phi) is 6.05. The summed E-state index contributed by atoms with van der Waals surface area (Å²) in [6.07, 6.45) is 2.06. The first-order chi connectivity index (χ1) is 14.8. The Bertz CT molecular complexity index is 993. The molecule has 0 saturated carbocycles. The third-order valence-electron chi connectivity index (χ3n) is 5.61. The zero-order valence-electron chi connectivity index (χ0n) is 18.9. The van der Waals surface area contributed by atoms with E-state index in [0.29, 0.717) is 12.4 Å². The predicted molar refractivity (Wildman–Crippen MR) is 121 cm³/mol. The number of esters is 1. The molecule has 1 saturated heterocycles. The summed E-state index contributed by atoms with van der Waals surface area (Å²) in [6.45, 7) is 8.06. The van der Waals surface area contributed by atoms with E-state index in [9.17, 15) is 4.79 Å². The van der Waals surface area contributed by atoms with Crippen LogP contribution in [0.2, 0.25) is 0 Å². The van der Waals surface area contributed by atoms with Crippen LogP contribution in [0.3, 0.4) is 0 Å². The first-order valence-electron chi connectivity index (χ1n) is 10.9. The van der Waals surface area contributed by atoms with E-state index in [0.717, 1.165) is 37.2 Å². The van der Waals surface area contributed by atoms with Gasteiger partial charge in [-0.3, -0.25) is 0 Å². The van der Waals surface area contributed by atoms with Gasteiger partial charge in [0.2, 0.25) is 0 Å². The van der Waals surface area contributed by atoms with Crippen LogP contribution in [0.15, 0.2) is 48.0 Å². The van der Waals surface area contributed by atoms with Crippen molar-refractivity contribution < 1.29 is 19.0 Å². The number of fused-ring (bicyclic) bond motifs is 2. The molecule has 0 unspecified atom stereocenters. The molecule has 0 atom stereocenters. The minimum Gasteiger partial charge on any atom is -0.488 e. The molecule has 2 aliphatic rings. The Hall–Kier alpha value is -2.79. The van der Waals surface area contributed by atoms with Crippen molar-refractivity contribution in [1.82, 2.24) is 4.90 Å². The molecule has 5 nitrogen and oxygen atoms in total. The molecule has 2 aromatic carbocycles. The fourth-order valence-electron chi connectivity index (χ4n) is 4.14. The Morgan fingerprint density at radius 2 is 1.81 bits per heavy atom. The Balaban J connectivity index is 1.69. The lowest BCUT2D eigenvalue weighted by atomic mass is 9.86. The number of hydrogen-bond donors (Lipinski definition) is 0. The third kappa shape index (κ3) is 5.10. The number of hydrogen-bond acceptors (Lipinski definition) is 5. The lowest BCUT2D eigenvalue weighted by molar-refractivity contribution is -0.157. The number of benzene rings is 2. The van der Waals surface area contributed by atoms with E-state index in [1.54, 1.807) is 0 Å². The number of likely N-dealkylation sites (tertiary alicyclic amines) is 1. The number of nitrogens with zero attached hydrogens (tertiary/aromatic N) is 1. The minimum atomic E-state index is -0.530. The molecule has 0 radical (unpaired) electrons. The fourth-order valence-corrected chi connectivity index (χ4v) is 4.14. The van der Waals surface area contributed by atoms with E-state index in [2.05, 4.69) is 36.2 Å². The average Bonchev–Trinajstić information content (AvgIpc) is 2.88. The lowest BCUT2D eigenvalue weighted by Crippen LogP contribution is -2.27. The summed E-state index contributed by atoms with van der Waals surface area (Å²) >= 11 is 0. The maximum absolute atomic E-state index is 12.1. The van der Waals surface area contributed by atoms with Crippen LogP contribution in [0.4, 0.5) is 0 Å². The second-order valence-electron chi connectivity index (χ2n) is 9.26. The first kappa shape index (κ1) is 21.4. The Morgan fingerprint density at radius 1 is 1.06 bits per heavy atom. The van der Waals surface area contributed by atoms with Crippen LogP contribution in [0.5, 0.6) is 11.5 Å². The maximum Gasteiger partial charge on any atom is 0.344 e. The SMILES string of the molecule is CN1CCC(=C2c3ccccc3COc3ccc(OCC(=O)OC(C)(C)C)cc32)CC1. The molecule has 2 heterocycles. The van der Waals surface area contributed by atoms with E-state index in [-0.39, 0.29) is 12.6 Å². The summed E-state index contributed by atoms with van der Waals surface area (Å²) in [5, 5.41) is 0. The van der Waals surface area contributed by atoms with Crippen molar-refractivity contribution in [3.05, 3.63) is 64.7 Å². The largest absolute Gasteiger partial charge is 0.488 e. The molecule has 1 fully saturated rings. The zero-order chi connectivity index (χ0) is 22.0. The van der Waals surface area contributed by atoms with Gasteiger partial charge < -0.3 is 19.1 Å². The van der Waals surface area contributed by atoms with Crippen LogP contribution in [0.1, 0.15) is 50.3 Å². The molecule has 2 aliphatic heterocycles.